The first-order chi connectivity index (χ1) is 13.6. The number of benzene rings is 1. The van der Waals surface area contributed by atoms with Gasteiger partial charge in [-0.25, -0.2) is 4.98 Å². The number of anilines is 3. The average Bonchev–Trinajstić information content (AvgIpc) is 3.31. The van der Waals surface area contributed by atoms with Gasteiger partial charge in [0.05, 0.1) is 32.0 Å². The van der Waals surface area contributed by atoms with E-state index in [1.807, 2.05) is 30.5 Å². The van der Waals surface area contributed by atoms with Crippen LogP contribution in [0.2, 0.25) is 0 Å². The quantitative estimate of drug-likeness (QED) is 0.382. The van der Waals surface area contributed by atoms with Crippen molar-refractivity contribution in [2.75, 3.05) is 30.6 Å². The molecular formula is C17H19N5O3S3. The van der Waals surface area contributed by atoms with Gasteiger partial charge in [0.25, 0.3) is 0 Å². The summed E-state index contributed by atoms with van der Waals surface area (Å²) in [5.41, 5.74) is 1.40. The van der Waals surface area contributed by atoms with Gasteiger partial charge in [0, 0.05) is 11.4 Å². The molecule has 0 saturated heterocycles. The van der Waals surface area contributed by atoms with Crippen molar-refractivity contribution in [1.82, 2.24) is 15.2 Å². The molecular weight excluding hydrogens is 418 g/mol. The zero-order valence-corrected chi connectivity index (χ0v) is 18.0. The molecule has 2 heterocycles. The summed E-state index contributed by atoms with van der Waals surface area (Å²) in [6.07, 6.45) is 0.156. The van der Waals surface area contributed by atoms with Gasteiger partial charge >= 0.3 is 0 Å². The van der Waals surface area contributed by atoms with Crippen molar-refractivity contribution >= 4 is 56.3 Å². The summed E-state index contributed by atoms with van der Waals surface area (Å²) in [6.45, 7) is 2.04. The lowest BCUT2D eigenvalue weighted by molar-refractivity contribution is -0.115. The average molecular weight is 438 g/mol. The smallest absolute Gasteiger partial charge is 0.232 e. The highest BCUT2D eigenvalue weighted by Crippen LogP contribution is 2.32. The maximum Gasteiger partial charge on any atom is 0.232 e. The Hall–Kier alpha value is -2.37. The van der Waals surface area contributed by atoms with E-state index in [0.717, 1.165) is 15.8 Å². The predicted molar refractivity (Wildman–Crippen MR) is 114 cm³/mol. The van der Waals surface area contributed by atoms with Crippen molar-refractivity contribution in [2.24, 2.45) is 0 Å². The minimum atomic E-state index is -0.181. The minimum Gasteiger partial charge on any atom is -0.497 e. The standard InChI is InChI=1S/C17H19N5O3S3/c1-4-26-17-22-21-16(28-17)20-14(23)7-10-9-27-15(18-10)19-12-8-11(24-2)5-6-13(12)25-3/h5-6,8-9H,4,7H2,1-3H3,(H,18,19)(H,20,21,23). The topological polar surface area (TPSA) is 98.3 Å². The van der Waals surface area contributed by atoms with Crippen LogP contribution in [0, 0.1) is 0 Å². The lowest BCUT2D eigenvalue weighted by Gasteiger charge is -2.10. The van der Waals surface area contributed by atoms with Crippen LogP contribution in [0.4, 0.5) is 16.0 Å². The monoisotopic (exact) mass is 437 g/mol. The fraction of sp³-hybridized carbons (Fsp3) is 0.294. The summed E-state index contributed by atoms with van der Waals surface area (Å²) in [7, 11) is 3.20. The molecule has 0 saturated carbocycles. The normalized spacial score (nSPS) is 10.5. The van der Waals surface area contributed by atoms with Crippen LogP contribution in [0.15, 0.2) is 27.9 Å². The highest BCUT2D eigenvalue weighted by atomic mass is 32.2. The molecule has 1 amide bonds. The Morgan fingerprint density at radius 3 is 2.82 bits per heavy atom. The molecule has 1 aromatic carbocycles. The molecule has 8 nitrogen and oxygen atoms in total. The largest absolute Gasteiger partial charge is 0.497 e. The van der Waals surface area contributed by atoms with Crippen molar-refractivity contribution in [3.05, 3.63) is 29.3 Å². The predicted octanol–water partition coefficient (Wildman–Crippen LogP) is 4.05. The third-order valence-electron chi connectivity index (χ3n) is 3.46. The third-order valence-corrected chi connectivity index (χ3v) is 6.12. The molecule has 0 aliphatic carbocycles. The van der Waals surface area contributed by atoms with Crippen LogP contribution in [0.3, 0.4) is 0 Å². The van der Waals surface area contributed by atoms with Gasteiger partial charge in [-0.15, -0.1) is 21.5 Å². The van der Waals surface area contributed by atoms with Crippen LogP contribution >= 0.6 is 34.4 Å². The Labute approximate surface area is 174 Å². The van der Waals surface area contributed by atoms with Crippen LogP contribution in [-0.4, -0.2) is 41.1 Å². The van der Waals surface area contributed by atoms with E-state index in [0.29, 0.717) is 27.5 Å². The second-order valence-electron chi connectivity index (χ2n) is 5.37. The molecule has 0 atom stereocenters. The molecule has 148 valence electrons. The Morgan fingerprint density at radius 2 is 2.07 bits per heavy atom. The number of thiazole rings is 1. The van der Waals surface area contributed by atoms with Gasteiger partial charge in [-0.1, -0.05) is 30.0 Å². The van der Waals surface area contributed by atoms with Gasteiger partial charge in [0.2, 0.25) is 11.0 Å². The molecule has 0 aliphatic rings. The van der Waals surface area contributed by atoms with Gasteiger partial charge < -0.3 is 20.1 Å². The number of ether oxygens (including phenoxy) is 2. The molecule has 0 spiro atoms. The van der Waals surface area contributed by atoms with Gasteiger partial charge in [-0.3, -0.25) is 4.79 Å². The number of hydrogen-bond donors (Lipinski definition) is 2. The highest BCUT2D eigenvalue weighted by molar-refractivity contribution is 8.01. The van der Waals surface area contributed by atoms with Crippen LogP contribution < -0.4 is 20.1 Å². The number of methoxy groups -OCH3 is 2. The lowest BCUT2D eigenvalue weighted by atomic mass is 10.2. The van der Waals surface area contributed by atoms with Crippen molar-refractivity contribution in [1.29, 1.82) is 0 Å². The number of aromatic nitrogens is 3. The van der Waals surface area contributed by atoms with Gasteiger partial charge in [-0.2, -0.15) is 0 Å². The summed E-state index contributed by atoms with van der Waals surface area (Å²) in [5, 5.41) is 17.0. The fourth-order valence-corrected chi connectivity index (χ4v) is 4.63. The molecule has 0 fully saturated rings. The van der Waals surface area contributed by atoms with Crippen LogP contribution in [-0.2, 0) is 11.2 Å². The maximum atomic E-state index is 12.2. The third kappa shape index (κ3) is 5.33. The van der Waals surface area contributed by atoms with Crippen molar-refractivity contribution in [3.8, 4) is 11.5 Å². The first kappa shape index (κ1) is 20.4. The first-order valence-electron chi connectivity index (χ1n) is 8.31. The molecule has 0 unspecified atom stereocenters. The summed E-state index contributed by atoms with van der Waals surface area (Å²) in [4.78, 5) is 16.7. The zero-order valence-electron chi connectivity index (χ0n) is 15.5. The highest BCUT2D eigenvalue weighted by Gasteiger charge is 2.13. The summed E-state index contributed by atoms with van der Waals surface area (Å²) in [6, 6.07) is 5.46. The molecule has 2 aromatic heterocycles. The molecule has 11 heteroatoms. The first-order valence-corrected chi connectivity index (χ1v) is 11.0. The zero-order chi connectivity index (χ0) is 19.9. The molecule has 3 aromatic rings. The van der Waals surface area contributed by atoms with E-state index in [-0.39, 0.29) is 12.3 Å². The Morgan fingerprint density at radius 1 is 1.21 bits per heavy atom. The Kier molecular flexibility index (Phi) is 7.06. The molecule has 0 bridgehead atoms. The van der Waals surface area contributed by atoms with Crippen molar-refractivity contribution < 1.29 is 14.3 Å². The lowest BCUT2D eigenvalue weighted by Crippen LogP contribution is -2.14. The van der Waals surface area contributed by atoms with Gasteiger partial charge in [0.15, 0.2) is 9.47 Å². The molecule has 0 aliphatic heterocycles. The number of carbonyl (C=O) groups is 1. The second-order valence-corrected chi connectivity index (χ2v) is 8.71. The van der Waals surface area contributed by atoms with E-state index in [2.05, 4.69) is 25.8 Å². The van der Waals surface area contributed by atoms with Crippen LogP contribution in [0.25, 0.3) is 0 Å². The number of rotatable bonds is 9. The number of hydrogen-bond acceptors (Lipinski definition) is 10. The van der Waals surface area contributed by atoms with Gasteiger partial charge in [0.1, 0.15) is 11.5 Å². The van der Waals surface area contributed by atoms with Crippen molar-refractivity contribution in [2.45, 2.75) is 17.7 Å². The van der Waals surface area contributed by atoms with Crippen LogP contribution in [0.1, 0.15) is 12.6 Å². The number of carbonyl (C=O) groups excluding carboxylic acids is 1. The molecule has 0 radical (unpaired) electrons. The number of amides is 1. The van der Waals surface area contributed by atoms with E-state index in [4.69, 9.17) is 9.47 Å². The van der Waals surface area contributed by atoms with E-state index >= 15 is 0 Å². The Bertz CT molecular complexity index is 944. The summed E-state index contributed by atoms with van der Waals surface area (Å²) >= 11 is 4.36. The molecule has 3 rings (SSSR count). The van der Waals surface area contributed by atoms with Gasteiger partial charge in [-0.05, 0) is 17.9 Å². The molecule has 2 N–H and O–H groups in total. The Balaban J connectivity index is 1.61. The minimum absolute atomic E-state index is 0.156. The number of nitrogens with zero attached hydrogens (tertiary/aromatic N) is 3. The fourth-order valence-electron chi connectivity index (χ4n) is 2.24. The van der Waals surface area contributed by atoms with E-state index < -0.39 is 0 Å². The van der Waals surface area contributed by atoms with Crippen molar-refractivity contribution in [3.63, 3.8) is 0 Å². The van der Waals surface area contributed by atoms with E-state index in [1.54, 1.807) is 26.0 Å². The SMILES string of the molecule is CCSc1nnc(NC(=O)Cc2csc(Nc3cc(OC)ccc3OC)n2)s1. The van der Waals surface area contributed by atoms with Crippen LogP contribution in [0.5, 0.6) is 11.5 Å². The van der Waals surface area contributed by atoms with E-state index in [1.165, 1.54) is 22.7 Å². The maximum absolute atomic E-state index is 12.2. The summed E-state index contributed by atoms with van der Waals surface area (Å²) < 4.78 is 11.4. The number of nitrogens with one attached hydrogen (secondary N) is 2. The second kappa shape index (κ2) is 9.71. The molecule has 28 heavy (non-hydrogen) atoms. The van der Waals surface area contributed by atoms with E-state index in [9.17, 15) is 4.79 Å². The number of thioether (sulfide) groups is 1. The summed E-state index contributed by atoms with van der Waals surface area (Å²) in [5.74, 6) is 2.11.